The number of carbonyl (C=O) groups excluding carboxylic acids is 2. The number of anilines is 2. The van der Waals surface area contributed by atoms with Crippen molar-refractivity contribution >= 4 is 34.0 Å². The van der Waals surface area contributed by atoms with Crippen LogP contribution in [0, 0.1) is 0 Å². The number of benzene rings is 2. The van der Waals surface area contributed by atoms with E-state index >= 15 is 0 Å². The minimum atomic E-state index is -0.138. The molecule has 0 atom stereocenters. The Balaban J connectivity index is 1.43. The number of carbonyl (C=O) groups is 2. The average molecular weight is 527 g/mol. The summed E-state index contributed by atoms with van der Waals surface area (Å²) < 4.78 is 0. The second-order valence-corrected chi connectivity index (χ2v) is 10.6. The number of hydrogen-bond donors (Lipinski definition) is 1. The molecule has 1 saturated heterocycles. The molecule has 3 heterocycles. The quantitative estimate of drug-likeness (QED) is 0.359. The van der Waals surface area contributed by atoms with Gasteiger partial charge in [0.2, 0.25) is 5.91 Å². The largest absolute Gasteiger partial charge is 0.368 e. The Morgan fingerprint density at radius 3 is 2.54 bits per heavy atom. The lowest BCUT2D eigenvalue weighted by Crippen LogP contribution is -2.49. The summed E-state index contributed by atoms with van der Waals surface area (Å²) >= 11 is 0. The van der Waals surface area contributed by atoms with E-state index in [0.717, 1.165) is 37.3 Å². The third-order valence-electron chi connectivity index (χ3n) is 7.67. The molecule has 1 aromatic heterocycles. The third-order valence-corrected chi connectivity index (χ3v) is 7.67. The average Bonchev–Trinajstić information content (AvgIpc) is 2.97. The van der Waals surface area contributed by atoms with Gasteiger partial charge in [0.15, 0.2) is 0 Å². The molecule has 0 unspecified atom stereocenters. The van der Waals surface area contributed by atoms with E-state index in [-0.39, 0.29) is 11.8 Å². The summed E-state index contributed by atoms with van der Waals surface area (Å²) in [6, 6.07) is 16.8. The topological polar surface area (TPSA) is 72.0 Å². The monoisotopic (exact) mass is 526 g/mol. The van der Waals surface area contributed by atoms with Crippen molar-refractivity contribution in [3.05, 3.63) is 78.1 Å². The molecule has 0 saturated carbocycles. The van der Waals surface area contributed by atoms with Crippen LogP contribution in [0.1, 0.15) is 28.2 Å². The third kappa shape index (κ3) is 5.91. The van der Waals surface area contributed by atoms with Gasteiger partial charge in [-0.25, -0.2) is 4.98 Å². The van der Waals surface area contributed by atoms with Gasteiger partial charge < -0.3 is 24.9 Å². The summed E-state index contributed by atoms with van der Waals surface area (Å²) in [7, 11) is 4.06. The SMILES string of the molecule is C=CC(=O)N1CCN(c2cc(C(=O)NCCCN(C)C)nc3c2CCN(c2cccc4ccccc24)C3)CC1. The highest BCUT2D eigenvalue weighted by Crippen LogP contribution is 2.34. The fraction of sp³-hybridized carbons (Fsp3) is 0.387. The van der Waals surface area contributed by atoms with Crippen LogP contribution in [0.3, 0.4) is 0 Å². The van der Waals surface area contributed by atoms with Crippen molar-refractivity contribution in [3.8, 4) is 0 Å². The van der Waals surface area contributed by atoms with Crippen molar-refractivity contribution in [2.45, 2.75) is 19.4 Å². The fourth-order valence-electron chi connectivity index (χ4n) is 5.59. The molecule has 0 spiro atoms. The molecule has 204 valence electrons. The lowest BCUT2D eigenvalue weighted by molar-refractivity contribution is -0.126. The van der Waals surface area contributed by atoms with Crippen LogP contribution in [0.15, 0.2) is 61.2 Å². The van der Waals surface area contributed by atoms with Crippen LogP contribution in [0.25, 0.3) is 10.8 Å². The van der Waals surface area contributed by atoms with Gasteiger partial charge in [0.25, 0.3) is 5.91 Å². The number of piperazine rings is 1. The first-order chi connectivity index (χ1) is 18.9. The van der Waals surface area contributed by atoms with E-state index in [1.807, 2.05) is 25.1 Å². The van der Waals surface area contributed by atoms with Crippen LogP contribution in [-0.4, -0.2) is 86.5 Å². The molecule has 1 fully saturated rings. The lowest BCUT2D eigenvalue weighted by Gasteiger charge is -2.39. The molecule has 39 heavy (non-hydrogen) atoms. The van der Waals surface area contributed by atoms with Gasteiger partial charge in [0, 0.05) is 61.6 Å². The number of aromatic nitrogens is 1. The van der Waals surface area contributed by atoms with Gasteiger partial charge in [-0.2, -0.15) is 0 Å². The van der Waals surface area contributed by atoms with E-state index in [9.17, 15) is 9.59 Å². The van der Waals surface area contributed by atoms with Crippen LogP contribution in [0.4, 0.5) is 11.4 Å². The molecule has 8 heteroatoms. The molecular formula is C31H38N6O2. The standard InChI is InChI=1S/C31H38N6O2/c1-4-30(38)36-19-17-35(18-20-36)29-21-26(31(39)32-14-8-15-34(2)3)33-27-22-37(16-13-25(27)29)28-12-7-10-23-9-5-6-11-24(23)28/h4-7,9-12,21H,1,8,13-20,22H2,2-3H3,(H,32,39). The van der Waals surface area contributed by atoms with E-state index in [1.54, 1.807) is 0 Å². The van der Waals surface area contributed by atoms with Crippen LogP contribution in [-0.2, 0) is 17.8 Å². The predicted molar refractivity (Wildman–Crippen MR) is 157 cm³/mol. The highest BCUT2D eigenvalue weighted by atomic mass is 16.2. The van der Waals surface area contributed by atoms with Crippen molar-refractivity contribution in [2.75, 3.05) is 69.7 Å². The zero-order valence-electron chi connectivity index (χ0n) is 23.0. The Labute approximate surface area is 230 Å². The number of pyridine rings is 1. The lowest BCUT2D eigenvalue weighted by atomic mass is 9.98. The Hall–Kier alpha value is -3.91. The van der Waals surface area contributed by atoms with E-state index in [0.29, 0.717) is 45.0 Å². The zero-order chi connectivity index (χ0) is 27.4. The Morgan fingerprint density at radius 1 is 1.00 bits per heavy atom. The molecule has 0 radical (unpaired) electrons. The second kappa shape index (κ2) is 11.9. The van der Waals surface area contributed by atoms with E-state index in [1.165, 1.54) is 28.1 Å². The summed E-state index contributed by atoms with van der Waals surface area (Å²) in [5.41, 5.74) is 4.88. The molecule has 1 N–H and O–H groups in total. The number of rotatable bonds is 8. The maximum absolute atomic E-state index is 13.2. The summed E-state index contributed by atoms with van der Waals surface area (Å²) in [6.45, 7) is 9.37. The van der Waals surface area contributed by atoms with Crippen LogP contribution in [0.5, 0.6) is 0 Å². The zero-order valence-corrected chi connectivity index (χ0v) is 23.0. The van der Waals surface area contributed by atoms with Crippen LogP contribution in [0.2, 0.25) is 0 Å². The van der Waals surface area contributed by atoms with E-state index in [4.69, 9.17) is 4.98 Å². The van der Waals surface area contributed by atoms with Crippen LogP contribution < -0.4 is 15.1 Å². The van der Waals surface area contributed by atoms with Gasteiger partial charge in [-0.15, -0.1) is 0 Å². The van der Waals surface area contributed by atoms with E-state index < -0.39 is 0 Å². The first-order valence-corrected chi connectivity index (χ1v) is 13.8. The number of nitrogens with zero attached hydrogens (tertiary/aromatic N) is 5. The van der Waals surface area contributed by atoms with Crippen LogP contribution >= 0.6 is 0 Å². The molecule has 2 aromatic carbocycles. The molecular weight excluding hydrogens is 488 g/mol. The van der Waals surface area contributed by atoms with Gasteiger partial charge in [0.05, 0.1) is 12.2 Å². The number of nitrogens with one attached hydrogen (secondary N) is 1. The number of hydrogen-bond acceptors (Lipinski definition) is 6. The summed E-state index contributed by atoms with van der Waals surface area (Å²) in [5, 5.41) is 5.50. The summed E-state index contributed by atoms with van der Waals surface area (Å²) in [5.74, 6) is -0.171. The predicted octanol–water partition coefficient (Wildman–Crippen LogP) is 3.31. The smallest absolute Gasteiger partial charge is 0.269 e. The van der Waals surface area contributed by atoms with Crippen molar-refractivity contribution in [1.29, 1.82) is 0 Å². The molecule has 5 rings (SSSR count). The summed E-state index contributed by atoms with van der Waals surface area (Å²) in [6.07, 6.45) is 3.10. The Morgan fingerprint density at radius 2 is 1.77 bits per heavy atom. The minimum Gasteiger partial charge on any atom is -0.368 e. The highest BCUT2D eigenvalue weighted by molar-refractivity contribution is 5.95. The molecule has 3 aromatic rings. The molecule has 2 aliphatic rings. The fourth-order valence-corrected chi connectivity index (χ4v) is 5.59. The maximum Gasteiger partial charge on any atom is 0.269 e. The molecule has 0 aliphatic carbocycles. The number of fused-ring (bicyclic) bond motifs is 2. The maximum atomic E-state index is 13.2. The van der Waals surface area contributed by atoms with Crippen molar-refractivity contribution in [2.24, 2.45) is 0 Å². The Kier molecular flexibility index (Phi) is 8.12. The number of amides is 2. The first kappa shape index (κ1) is 26.7. The second-order valence-electron chi connectivity index (χ2n) is 10.6. The van der Waals surface area contributed by atoms with Gasteiger partial charge >= 0.3 is 0 Å². The molecule has 0 bridgehead atoms. The summed E-state index contributed by atoms with van der Waals surface area (Å²) in [4.78, 5) is 38.9. The highest BCUT2D eigenvalue weighted by Gasteiger charge is 2.28. The van der Waals surface area contributed by atoms with Crippen molar-refractivity contribution in [3.63, 3.8) is 0 Å². The van der Waals surface area contributed by atoms with Crippen molar-refractivity contribution < 1.29 is 9.59 Å². The van der Waals surface area contributed by atoms with Gasteiger partial charge in [-0.1, -0.05) is 43.0 Å². The van der Waals surface area contributed by atoms with E-state index in [2.05, 4.69) is 69.1 Å². The van der Waals surface area contributed by atoms with Gasteiger partial charge in [0.1, 0.15) is 5.69 Å². The molecule has 8 nitrogen and oxygen atoms in total. The van der Waals surface area contributed by atoms with Gasteiger partial charge in [-0.3, -0.25) is 9.59 Å². The Bertz CT molecular complexity index is 1360. The normalized spacial score (nSPS) is 15.4. The molecule has 2 aliphatic heterocycles. The van der Waals surface area contributed by atoms with Gasteiger partial charge in [-0.05, 0) is 57.1 Å². The van der Waals surface area contributed by atoms with Crippen molar-refractivity contribution in [1.82, 2.24) is 20.1 Å². The minimum absolute atomic E-state index is 0.0325. The molecule has 2 amide bonds. The first-order valence-electron chi connectivity index (χ1n) is 13.8.